The number of carbonyl (C=O) groups is 1. The van der Waals surface area contributed by atoms with Crippen LogP contribution in [0.15, 0.2) is 35.3 Å². The molecule has 0 spiro atoms. The number of benzene rings is 1. The molecule has 26 heavy (non-hydrogen) atoms. The molecule has 3 rings (SSSR count). The molecule has 1 aromatic carbocycles. The molecule has 0 aliphatic carbocycles. The minimum Gasteiger partial charge on any atom is -0.357 e. The lowest BCUT2D eigenvalue weighted by molar-refractivity contribution is -0.127. The molecule has 1 N–H and O–H groups in total. The van der Waals surface area contributed by atoms with E-state index in [-0.39, 0.29) is 0 Å². The third kappa shape index (κ3) is 5.23. The van der Waals surface area contributed by atoms with Gasteiger partial charge in [0.15, 0.2) is 5.96 Å². The second kappa shape index (κ2) is 9.60. The van der Waals surface area contributed by atoms with Crippen LogP contribution < -0.4 is 5.32 Å². The smallest absolute Gasteiger partial charge is 0.222 e. The van der Waals surface area contributed by atoms with Crippen molar-refractivity contribution in [2.45, 2.75) is 39.0 Å². The molecular weight excluding hydrogens is 324 g/mol. The van der Waals surface area contributed by atoms with E-state index in [1.165, 1.54) is 12.0 Å². The Kier molecular flexibility index (Phi) is 6.92. The first-order valence-corrected chi connectivity index (χ1v) is 10.1. The van der Waals surface area contributed by atoms with Crippen molar-refractivity contribution in [3.63, 3.8) is 0 Å². The molecule has 1 atom stereocenters. The molecule has 1 amide bonds. The van der Waals surface area contributed by atoms with E-state index in [1.54, 1.807) is 0 Å². The summed E-state index contributed by atoms with van der Waals surface area (Å²) in [6.07, 6.45) is 5.06. The quantitative estimate of drug-likeness (QED) is 0.464. The molecule has 2 aliphatic heterocycles. The van der Waals surface area contributed by atoms with Crippen LogP contribution in [0, 0.1) is 5.92 Å². The van der Waals surface area contributed by atoms with Crippen LogP contribution in [0.3, 0.4) is 0 Å². The van der Waals surface area contributed by atoms with E-state index in [2.05, 4.69) is 47.5 Å². The summed E-state index contributed by atoms with van der Waals surface area (Å²) >= 11 is 0. The molecule has 1 unspecified atom stereocenters. The Morgan fingerprint density at radius 1 is 1.27 bits per heavy atom. The van der Waals surface area contributed by atoms with Crippen molar-refractivity contribution >= 4 is 11.9 Å². The highest BCUT2D eigenvalue weighted by molar-refractivity contribution is 5.80. The maximum absolute atomic E-state index is 11.7. The van der Waals surface area contributed by atoms with Gasteiger partial charge in [-0.1, -0.05) is 30.3 Å². The maximum Gasteiger partial charge on any atom is 0.222 e. The average molecular weight is 357 g/mol. The molecule has 5 nitrogen and oxygen atoms in total. The van der Waals surface area contributed by atoms with E-state index in [1.807, 2.05) is 4.90 Å². The van der Waals surface area contributed by atoms with Gasteiger partial charge in [0, 0.05) is 45.7 Å². The van der Waals surface area contributed by atoms with Crippen molar-refractivity contribution in [3.05, 3.63) is 35.9 Å². The molecule has 0 saturated carbocycles. The van der Waals surface area contributed by atoms with Crippen LogP contribution in [0.1, 0.15) is 38.2 Å². The summed E-state index contributed by atoms with van der Waals surface area (Å²) < 4.78 is 0. The van der Waals surface area contributed by atoms with Gasteiger partial charge >= 0.3 is 0 Å². The normalized spacial score (nSPS) is 20.9. The Morgan fingerprint density at radius 2 is 2.12 bits per heavy atom. The summed E-state index contributed by atoms with van der Waals surface area (Å²) in [5.74, 6) is 2.04. The number of hydrogen-bond acceptors (Lipinski definition) is 2. The molecule has 0 bridgehead atoms. The highest BCUT2D eigenvalue weighted by Gasteiger charge is 2.25. The SMILES string of the molecule is CCNC(=NCCCN1CCCC1=O)N1CCC(Cc2ccccc2)C1. The molecule has 2 fully saturated rings. The molecule has 2 saturated heterocycles. The first kappa shape index (κ1) is 18.7. The number of amides is 1. The largest absolute Gasteiger partial charge is 0.357 e. The fraction of sp³-hybridized carbons (Fsp3) is 0.619. The number of nitrogens with one attached hydrogen (secondary N) is 1. The number of aliphatic imine (C=N–C) groups is 1. The summed E-state index contributed by atoms with van der Waals surface area (Å²) in [6, 6.07) is 10.8. The van der Waals surface area contributed by atoms with Crippen molar-refractivity contribution in [1.29, 1.82) is 0 Å². The van der Waals surface area contributed by atoms with Gasteiger partial charge < -0.3 is 15.1 Å². The lowest BCUT2D eigenvalue weighted by Gasteiger charge is -2.22. The monoisotopic (exact) mass is 356 g/mol. The molecular formula is C21H32N4O. The Bertz CT molecular complexity index is 601. The molecule has 1 aromatic rings. The van der Waals surface area contributed by atoms with E-state index in [9.17, 15) is 4.79 Å². The lowest BCUT2D eigenvalue weighted by atomic mass is 9.99. The second-order valence-electron chi connectivity index (χ2n) is 7.36. The number of carbonyl (C=O) groups excluding carboxylic acids is 1. The number of nitrogens with zero attached hydrogens (tertiary/aromatic N) is 3. The van der Waals surface area contributed by atoms with Crippen molar-refractivity contribution in [2.75, 3.05) is 39.3 Å². The molecule has 2 aliphatic rings. The van der Waals surface area contributed by atoms with Crippen LogP contribution in [-0.4, -0.2) is 60.9 Å². The fourth-order valence-electron chi connectivity index (χ4n) is 3.95. The molecule has 142 valence electrons. The topological polar surface area (TPSA) is 47.9 Å². The maximum atomic E-state index is 11.7. The van der Waals surface area contributed by atoms with Crippen LogP contribution in [-0.2, 0) is 11.2 Å². The van der Waals surface area contributed by atoms with E-state index in [0.717, 1.165) is 70.9 Å². The minimum atomic E-state index is 0.309. The standard InChI is InChI=1S/C21H32N4O/c1-2-22-21(23-12-7-14-24-13-6-10-20(24)26)25-15-11-19(17-25)16-18-8-4-3-5-9-18/h3-5,8-9,19H,2,6-7,10-17H2,1H3,(H,22,23). The van der Waals surface area contributed by atoms with Gasteiger partial charge in [-0.2, -0.15) is 0 Å². The fourth-order valence-corrected chi connectivity index (χ4v) is 3.95. The minimum absolute atomic E-state index is 0.309. The summed E-state index contributed by atoms with van der Waals surface area (Å²) in [5.41, 5.74) is 1.43. The van der Waals surface area contributed by atoms with Gasteiger partial charge in [0.25, 0.3) is 0 Å². The van der Waals surface area contributed by atoms with Crippen molar-refractivity contribution in [2.24, 2.45) is 10.9 Å². The molecule has 0 aromatic heterocycles. The van der Waals surface area contributed by atoms with Crippen molar-refractivity contribution < 1.29 is 4.79 Å². The summed E-state index contributed by atoms with van der Waals surface area (Å²) in [6.45, 7) is 7.72. The molecule has 2 heterocycles. The number of hydrogen-bond donors (Lipinski definition) is 1. The molecule has 5 heteroatoms. The van der Waals surface area contributed by atoms with E-state index in [4.69, 9.17) is 4.99 Å². The molecule has 0 radical (unpaired) electrons. The van der Waals surface area contributed by atoms with Gasteiger partial charge in [0.05, 0.1) is 0 Å². The third-order valence-electron chi connectivity index (χ3n) is 5.31. The van der Waals surface area contributed by atoms with E-state index in [0.29, 0.717) is 11.8 Å². The predicted molar refractivity (Wildman–Crippen MR) is 106 cm³/mol. The summed E-state index contributed by atoms with van der Waals surface area (Å²) in [4.78, 5) is 20.9. The van der Waals surface area contributed by atoms with Crippen LogP contribution in [0.25, 0.3) is 0 Å². The van der Waals surface area contributed by atoms with Crippen LogP contribution in [0.5, 0.6) is 0 Å². The summed E-state index contributed by atoms with van der Waals surface area (Å²) in [7, 11) is 0. The number of likely N-dealkylation sites (tertiary alicyclic amines) is 2. The van der Waals surface area contributed by atoms with Gasteiger partial charge in [0.1, 0.15) is 0 Å². The Balaban J connectivity index is 1.46. The van der Waals surface area contributed by atoms with Crippen molar-refractivity contribution in [1.82, 2.24) is 15.1 Å². The van der Waals surface area contributed by atoms with E-state index >= 15 is 0 Å². The first-order chi connectivity index (χ1) is 12.8. The second-order valence-corrected chi connectivity index (χ2v) is 7.36. The third-order valence-corrected chi connectivity index (χ3v) is 5.31. The lowest BCUT2D eigenvalue weighted by Crippen LogP contribution is -2.40. The average Bonchev–Trinajstić information content (AvgIpc) is 3.28. The van der Waals surface area contributed by atoms with Crippen LogP contribution in [0.4, 0.5) is 0 Å². The highest BCUT2D eigenvalue weighted by Crippen LogP contribution is 2.21. The van der Waals surface area contributed by atoms with Gasteiger partial charge in [0.2, 0.25) is 5.91 Å². The Morgan fingerprint density at radius 3 is 2.85 bits per heavy atom. The van der Waals surface area contributed by atoms with E-state index < -0.39 is 0 Å². The van der Waals surface area contributed by atoms with Crippen LogP contribution >= 0.6 is 0 Å². The number of guanidine groups is 1. The van der Waals surface area contributed by atoms with Crippen molar-refractivity contribution in [3.8, 4) is 0 Å². The summed E-state index contributed by atoms with van der Waals surface area (Å²) in [5, 5.41) is 3.44. The van der Waals surface area contributed by atoms with Crippen LogP contribution in [0.2, 0.25) is 0 Å². The predicted octanol–water partition coefficient (Wildman–Crippen LogP) is 2.53. The zero-order valence-corrected chi connectivity index (χ0v) is 16.0. The number of rotatable bonds is 7. The Hall–Kier alpha value is -2.04. The van der Waals surface area contributed by atoms with Gasteiger partial charge in [-0.05, 0) is 44.1 Å². The highest BCUT2D eigenvalue weighted by atomic mass is 16.2. The zero-order chi connectivity index (χ0) is 18.2. The zero-order valence-electron chi connectivity index (χ0n) is 16.0. The Labute approximate surface area is 157 Å². The van der Waals surface area contributed by atoms with Gasteiger partial charge in [-0.15, -0.1) is 0 Å². The first-order valence-electron chi connectivity index (χ1n) is 10.1. The van der Waals surface area contributed by atoms with Gasteiger partial charge in [-0.25, -0.2) is 0 Å². The van der Waals surface area contributed by atoms with Gasteiger partial charge in [-0.3, -0.25) is 9.79 Å².